The lowest BCUT2D eigenvalue weighted by molar-refractivity contribution is 0.0769. The van der Waals surface area contributed by atoms with Crippen LogP contribution in [0.2, 0.25) is 0 Å². The molecule has 7 heteroatoms. The number of aryl methyl sites for hydroxylation is 1. The van der Waals surface area contributed by atoms with Crippen molar-refractivity contribution in [1.82, 2.24) is 20.0 Å². The minimum atomic E-state index is -0.207. The average Bonchev–Trinajstić information content (AvgIpc) is 3.33. The van der Waals surface area contributed by atoms with Crippen LogP contribution < -0.4 is 0 Å². The number of hydrogen-bond acceptors (Lipinski definition) is 6. The molecule has 7 nitrogen and oxygen atoms in total. The van der Waals surface area contributed by atoms with Crippen molar-refractivity contribution >= 4 is 18.4 Å². The molecule has 0 unspecified atom stereocenters. The van der Waals surface area contributed by atoms with Gasteiger partial charge < -0.3 is 9.42 Å². The molecule has 0 atom stereocenters. The maximum absolute atomic E-state index is 12.9. The summed E-state index contributed by atoms with van der Waals surface area (Å²) in [7, 11) is 1.69. The van der Waals surface area contributed by atoms with E-state index in [1.54, 1.807) is 19.3 Å². The molecule has 2 aromatic heterocycles. The molecule has 4 rings (SSSR count). The van der Waals surface area contributed by atoms with E-state index in [9.17, 15) is 4.79 Å². The molecule has 1 aliphatic carbocycles. The normalized spacial score (nSPS) is 13.4. The Labute approximate surface area is 163 Å². The maximum Gasteiger partial charge on any atom is 0.258 e. The van der Waals surface area contributed by atoms with E-state index in [0.717, 1.165) is 18.4 Å². The zero-order valence-electron chi connectivity index (χ0n) is 15.9. The first kappa shape index (κ1) is 18.0. The molecule has 0 fully saturated rings. The summed E-state index contributed by atoms with van der Waals surface area (Å²) in [5.74, 6) is 1.44. The van der Waals surface area contributed by atoms with E-state index in [-0.39, 0.29) is 18.4 Å². The van der Waals surface area contributed by atoms with Gasteiger partial charge in [-0.2, -0.15) is 4.98 Å². The van der Waals surface area contributed by atoms with Crippen LogP contribution in [0.25, 0.3) is 0 Å². The first-order valence-electron chi connectivity index (χ1n) is 9.14. The van der Waals surface area contributed by atoms with Crippen LogP contribution in [0.5, 0.6) is 0 Å². The van der Waals surface area contributed by atoms with Crippen LogP contribution >= 0.6 is 0 Å². The van der Waals surface area contributed by atoms with E-state index in [1.165, 1.54) is 16.0 Å². The van der Waals surface area contributed by atoms with E-state index >= 15 is 0 Å². The number of hydrogen-bond donors (Lipinski definition) is 0. The topological polar surface area (TPSA) is 84.5 Å². The van der Waals surface area contributed by atoms with Gasteiger partial charge in [0.1, 0.15) is 0 Å². The molecule has 2 heterocycles. The van der Waals surface area contributed by atoms with Gasteiger partial charge in [0.05, 0.1) is 12.1 Å². The summed E-state index contributed by atoms with van der Waals surface area (Å²) in [4.78, 5) is 26.9. The summed E-state index contributed by atoms with van der Waals surface area (Å²) in [5.41, 5.74) is 3.90. The molecule has 142 valence electrons. The van der Waals surface area contributed by atoms with Crippen LogP contribution in [0.1, 0.15) is 44.7 Å². The van der Waals surface area contributed by atoms with Gasteiger partial charge in [0.25, 0.3) is 5.91 Å². The summed E-state index contributed by atoms with van der Waals surface area (Å²) in [6.45, 7) is 5.56. The zero-order valence-corrected chi connectivity index (χ0v) is 15.9. The number of nitrogens with zero attached hydrogens (tertiary/aromatic N) is 5. The van der Waals surface area contributed by atoms with Crippen molar-refractivity contribution in [2.24, 2.45) is 4.99 Å². The molecule has 1 aliphatic rings. The Hall–Kier alpha value is -3.35. The van der Waals surface area contributed by atoms with E-state index in [2.05, 4.69) is 51.1 Å². The molecule has 3 aromatic rings. The monoisotopic (exact) mass is 375 g/mol. The van der Waals surface area contributed by atoms with Gasteiger partial charge in [-0.15, -0.1) is 0 Å². The first-order valence-corrected chi connectivity index (χ1v) is 9.14. The predicted molar refractivity (Wildman–Crippen MR) is 105 cm³/mol. The summed E-state index contributed by atoms with van der Waals surface area (Å²) in [6, 6.07) is 10.2. The second-order valence-corrected chi connectivity index (χ2v) is 7.07. The lowest BCUT2D eigenvalue weighted by Crippen LogP contribution is -2.27. The van der Waals surface area contributed by atoms with E-state index in [0.29, 0.717) is 23.1 Å². The zero-order chi connectivity index (χ0) is 19.7. The second kappa shape index (κ2) is 7.34. The molecule has 1 amide bonds. The summed E-state index contributed by atoms with van der Waals surface area (Å²) in [5, 5.41) is 4.15. The quantitative estimate of drug-likeness (QED) is 0.639. The summed E-state index contributed by atoms with van der Waals surface area (Å²) >= 11 is 0. The SMILES string of the molecule is C=Nc1nccc(C)c1C(=O)N(C)Cc1nc(C2Cc3ccccc3C2)no1. The van der Waals surface area contributed by atoms with Crippen LogP contribution in [-0.2, 0) is 19.4 Å². The minimum absolute atomic E-state index is 0.207. The smallest absolute Gasteiger partial charge is 0.258 e. The molecule has 0 spiro atoms. The standard InChI is InChI=1S/C21H21N5O2/c1-13-8-9-23-20(22-2)18(13)21(27)26(3)12-17-24-19(25-28-17)16-10-14-6-4-5-7-15(14)11-16/h4-9,16H,2,10-12H2,1,3H3. The fourth-order valence-corrected chi connectivity index (χ4v) is 3.63. The van der Waals surface area contributed by atoms with Crippen molar-refractivity contribution < 1.29 is 9.32 Å². The fraction of sp³-hybridized carbons (Fsp3) is 0.286. The summed E-state index contributed by atoms with van der Waals surface area (Å²) in [6.07, 6.45) is 3.43. The number of fused-ring (bicyclic) bond motifs is 1. The van der Waals surface area contributed by atoms with Gasteiger partial charge in [-0.3, -0.25) is 4.79 Å². The Balaban J connectivity index is 1.47. The highest BCUT2D eigenvalue weighted by atomic mass is 16.5. The molecule has 0 bridgehead atoms. The highest BCUT2D eigenvalue weighted by Crippen LogP contribution is 2.32. The molecule has 0 aliphatic heterocycles. The molecule has 1 aromatic carbocycles. The highest BCUT2D eigenvalue weighted by Gasteiger charge is 2.27. The van der Waals surface area contributed by atoms with Gasteiger partial charge in [0, 0.05) is 19.2 Å². The molecular formula is C21H21N5O2. The van der Waals surface area contributed by atoms with Gasteiger partial charge in [0.15, 0.2) is 11.6 Å². The number of benzene rings is 1. The molecule has 0 radical (unpaired) electrons. The Bertz CT molecular complexity index is 1020. The van der Waals surface area contributed by atoms with Crippen LogP contribution in [0.3, 0.4) is 0 Å². The Morgan fingerprint density at radius 1 is 1.29 bits per heavy atom. The van der Waals surface area contributed by atoms with Crippen LogP contribution in [-0.4, -0.2) is 39.7 Å². The van der Waals surface area contributed by atoms with Gasteiger partial charge in [-0.05, 0) is 49.2 Å². The van der Waals surface area contributed by atoms with Gasteiger partial charge in [-0.1, -0.05) is 29.4 Å². The third-order valence-corrected chi connectivity index (χ3v) is 5.12. The third kappa shape index (κ3) is 3.31. The third-order valence-electron chi connectivity index (χ3n) is 5.12. The highest BCUT2D eigenvalue weighted by molar-refractivity contribution is 5.99. The van der Waals surface area contributed by atoms with Crippen molar-refractivity contribution in [3.05, 3.63) is 70.5 Å². The lowest BCUT2D eigenvalue weighted by atomic mass is 10.1. The van der Waals surface area contributed by atoms with Crippen molar-refractivity contribution in [2.75, 3.05) is 7.05 Å². The number of rotatable bonds is 5. The molecule has 28 heavy (non-hydrogen) atoms. The number of carbonyl (C=O) groups excluding carboxylic acids is 1. The molecular weight excluding hydrogens is 354 g/mol. The molecule has 0 N–H and O–H groups in total. The second-order valence-electron chi connectivity index (χ2n) is 7.07. The Morgan fingerprint density at radius 2 is 2.00 bits per heavy atom. The van der Waals surface area contributed by atoms with Crippen molar-refractivity contribution in [2.45, 2.75) is 32.2 Å². The first-order chi connectivity index (χ1) is 13.6. The van der Waals surface area contributed by atoms with Crippen molar-refractivity contribution in [3.8, 4) is 0 Å². The molecule has 0 saturated carbocycles. The number of aliphatic imine (C=N–C) groups is 1. The van der Waals surface area contributed by atoms with Gasteiger partial charge in [0.2, 0.25) is 5.89 Å². The number of aromatic nitrogens is 3. The van der Waals surface area contributed by atoms with Gasteiger partial charge >= 0.3 is 0 Å². The van der Waals surface area contributed by atoms with Crippen molar-refractivity contribution in [3.63, 3.8) is 0 Å². The number of amides is 1. The predicted octanol–water partition coefficient (Wildman–Crippen LogP) is 3.26. The van der Waals surface area contributed by atoms with E-state index in [4.69, 9.17) is 4.52 Å². The largest absolute Gasteiger partial charge is 0.337 e. The maximum atomic E-state index is 12.9. The van der Waals surface area contributed by atoms with Crippen molar-refractivity contribution in [1.29, 1.82) is 0 Å². The van der Waals surface area contributed by atoms with Gasteiger partial charge in [-0.25, -0.2) is 9.98 Å². The Kier molecular flexibility index (Phi) is 4.73. The molecule has 0 saturated heterocycles. The van der Waals surface area contributed by atoms with E-state index < -0.39 is 0 Å². The van der Waals surface area contributed by atoms with E-state index in [1.807, 2.05) is 6.92 Å². The Morgan fingerprint density at radius 3 is 2.68 bits per heavy atom. The number of carbonyl (C=O) groups is 1. The fourth-order valence-electron chi connectivity index (χ4n) is 3.63. The van der Waals surface area contributed by atoms with Crippen LogP contribution in [0.4, 0.5) is 5.82 Å². The summed E-state index contributed by atoms with van der Waals surface area (Å²) < 4.78 is 5.41. The van der Waals surface area contributed by atoms with Crippen LogP contribution in [0.15, 0.2) is 46.0 Å². The lowest BCUT2D eigenvalue weighted by Gasteiger charge is -2.17. The average molecular weight is 375 g/mol. The minimum Gasteiger partial charge on any atom is -0.337 e. The number of pyridine rings is 1. The van der Waals surface area contributed by atoms with Crippen LogP contribution in [0, 0.1) is 6.92 Å².